The Kier molecular flexibility index (Phi) is 7.89. The molecule has 0 aliphatic heterocycles. The van der Waals surface area contributed by atoms with Gasteiger partial charge in [0.05, 0.1) is 6.61 Å². The lowest BCUT2D eigenvalue weighted by Crippen LogP contribution is -2.47. The Morgan fingerprint density at radius 2 is 1.83 bits per heavy atom. The molecule has 2 atom stereocenters. The van der Waals surface area contributed by atoms with Crippen LogP contribution in [0.3, 0.4) is 0 Å². The summed E-state index contributed by atoms with van der Waals surface area (Å²) >= 11 is 5.43. The topological polar surface area (TPSA) is 55.4 Å². The van der Waals surface area contributed by atoms with Gasteiger partial charge < -0.3 is 10.1 Å². The van der Waals surface area contributed by atoms with Crippen molar-refractivity contribution >= 4 is 29.0 Å². The van der Waals surface area contributed by atoms with Gasteiger partial charge in [0.2, 0.25) is 0 Å². The lowest BCUT2D eigenvalue weighted by Gasteiger charge is -2.27. The van der Waals surface area contributed by atoms with Gasteiger partial charge in [0.25, 0.3) is 0 Å². The molecule has 0 bridgehead atoms. The Balaban J connectivity index is 2.99. The maximum atomic E-state index is 12.2. The molecule has 0 spiro atoms. The first-order chi connectivity index (χ1) is 10.9. The molecule has 1 rings (SSSR count). The SMILES string of the molecule is CCOC(=O)C(C(C)=O)C(CC(C)C)NC(=S)c1ccccc1. The number of hydrogen-bond donors (Lipinski definition) is 1. The van der Waals surface area contributed by atoms with Gasteiger partial charge in [-0.05, 0) is 26.2 Å². The second-order valence-corrected chi connectivity index (χ2v) is 6.32. The summed E-state index contributed by atoms with van der Waals surface area (Å²) in [5.74, 6) is -1.24. The largest absolute Gasteiger partial charge is 0.465 e. The van der Waals surface area contributed by atoms with Gasteiger partial charge in [0.15, 0.2) is 0 Å². The molecule has 0 saturated heterocycles. The van der Waals surface area contributed by atoms with E-state index in [4.69, 9.17) is 17.0 Å². The van der Waals surface area contributed by atoms with Crippen molar-refractivity contribution in [3.05, 3.63) is 35.9 Å². The number of benzene rings is 1. The standard InChI is InChI=1S/C18H25NO3S/c1-5-22-18(21)16(13(4)20)15(11-12(2)3)19-17(23)14-9-7-6-8-10-14/h6-10,12,15-16H,5,11H2,1-4H3,(H,19,23). The summed E-state index contributed by atoms with van der Waals surface area (Å²) < 4.78 is 5.07. The molecule has 4 nitrogen and oxygen atoms in total. The van der Waals surface area contributed by atoms with E-state index in [1.807, 2.05) is 44.2 Å². The molecule has 1 aromatic rings. The zero-order valence-corrected chi connectivity index (χ0v) is 15.0. The van der Waals surface area contributed by atoms with Crippen LogP contribution in [0.4, 0.5) is 0 Å². The smallest absolute Gasteiger partial charge is 0.318 e. The Bertz CT molecular complexity index is 542. The average Bonchev–Trinajstić information content (AvgIpc) is 2.47. The van der Waals surface area contributed by atoms with Crippen LogP contribution in [0, 0.1) is 11.8 Å². The second-order valence-electron chi connectivity index (χ2n) is 5.92. The molecule has 23 heavy (non-hydrogen) atoms. The molecule has 0 heterocycles. The highest BCUT2D eigenvalue weighted by Crippen LogP contribution is 2.18. The van der Waals surface area contributed by atoms with Crippen LogP contribution in [-0.4, -0.2) is 29.4 Å². The third-order valence-electron chi connectivity index (χ3n) is 3.46. The highest BCUT2D eigenvalue weighted by molar-refractivity contribution is 7.80. The maximum Gasteiger partial charge on any atom is 0.318 e. The first-order valence-electron chi connectivity index (χ1n) is 7.89. The van der Waals surface area contributed by atoms with Crippen LogP contribution in [0.1, 0.15) is 39.7 Å². The Morgan fingerprint density at radius 1 is 1.22 bits per heavy atom. The molecule has 1 aromatic carbocycles. The van der Waals surface area contributed by atoms with Crippen molar-refractivity contribution in [1.29, 1.82) is 0 Å². The Labute approximate surface area is 143 Å². The number of esters is 1. The predicted molar refractivity (Wildman–Crippen MR) is 95.3 cm³/mol. The molecule has 0 amide bonds. The number of rotatable bonds is 8. The third-order valence-corrected chi connectivity index (χ3v) is 3.81. The van der Waals surface area contributed by atoms with E-state index < -0.39 is 11.9 Å². The first kappa shape index (κ1) is 19.3. The molecule has 0 aliphatic rings. The van der Waals surface area contributed by atoms with E-state index in [-0.39, 0.29) is 18.4 Å². The van der Waals surface area contributed by atoms with E-state index >= 15 is 0 Å². The lowest BCUT2D eigenvalue weighted by molar-refractivity contribution is -0.152. The van der Waals surface area contributed by atoms with Crippen molar-refractivity contribution in [1.82, 2.24) is 5.32 Å². The van der Waals surface area contributed by atoms with Gasteiger partial charge >= 0.3 is 5.97 Å². The fourth-order valence-electron chi connectivity index (χ4n) is 2.47. The van der Waals surface area contributed by atoms with Crippen LogP contribution in [0.25, 0.3) is 0 Å². The van der Waals surface area contributed by atoms with Gasteiger partial charge in [-0.2, -0.15) is 0 Å². The van der Waals surface area contributed by atoms with Gasteiger partial charge in [-0.25, -0.2) is 0 Å². The fourth-order valence-corrected chi connectivity index (χ4v) is 2.76. The van der Waals surface area contributed by atoms with Crippen molar-refractivity contribution < 1.29 is 14.3 Å². The summed E-state index contributed by atoms with van der Waals surface area (Å²) in [4.78, 5) is 24.8. The minimum atomic E-state index is -0.848. The molecule has 126 valence electrons. The van der Waals surface area contributed by atoms with E-state index in [0.717, 1.165) is 5.56 Å². The molecular formula is C18H25NO3S. The van der Waals surface area contributed by atoms with Gasteiger partial charge in [-0.1, -0.05) is 56.4 Å². The number of thiocarbonyl (C=S) groups is 1. The molecule has 0 fully saturated rings. The number of nitrogens with one attached hydrogen (secondary N) is 1. The molecule has 1 N–H and O–H groups in total. The number of carbonyl (C=O) groups is 2. The monoisotopic (exact) mass is 335 g/mol. The molecular weight excluding hydrogens is 310 g/mol. The maximum absolute atomic E-state index is 12.2. The van der Waals surface area contributed by atoms with Crippen LogP contribution < -0.4 is 5.32 Å². The zero-order valence-electron chi connectivity index (χ0n) is 14.2. The molecule has 5 heteroatoms. The summed E-state index contributed by atoms with van der Waals surface area (Å²) in [6, 6.07) is 9.13. The number of carbonyl (C=O) groups excluding carboxylic acids is 2. The summed E-state index contributed by atoms with van der Waals surface area (Å²) in [6.45, 7) is 7.49. The van der Waals surface area contributed by atoms with E-state index in [1.54, 1.807) is 6.92 Å². The second kappa shape index (κ2) is 9.40. The summed E-state index contributed by atoms with van der Waals surface area (Å²) in [5, 5.41) is 3.20. The molecule has 0 aromatic heterocycles. The number of ketones is 1. The van der Waals surface area contributed by atoms with Crippen molar-refractivity contribution in [3.8, 4) is 0 Å². The van der Waals surface area contributed by atoms with Crippen LogP contribution in [0.5, 0.6) is 0 Å². The van der Waals surface area contributed by atoms with Crippen LogP contribution >= 0.6 is 12.2 Å². The van der Waals surface area contributed by atoms with Gasteiger partial charge in [-0.15, -0.1) is 0 Å². The van der Waals surface area contributed by atoms with Crippen LogP contribution in [0.2, 0.25) is 0 Å². The summed E-state index contributed by atoms with van der Waals surface area (Å²) in [7, 11) is 0. The highest BCUT2D eigenvalue weighted by Gasteiger charge is 2.34. The van der Waals surface area contributed by atoms with Gasteiger partial charge in [-0.3, -0.25) is 9.59 Å². The normalized spacial score (nSPS) is 13.3. The minimum Gasteiger partial charge on any atom is -0.465 e. The van der Waals surface area contributed by atoms with E-state index in [9.17, 15) is 9.59 Å². The highest BCUT2D eigenvalue weighted by atomic mass is 32.1. The lowest BCUT2D eigenvalue weighted by atomic mass is 9.89. The first-order valence-corrected chi connectivity index (χ1v) is 8.30. The van der Waals surface area contributed by atoms with E-state index in [0.29, 0.717) is 17.3 Å². The van der Waals surface area contributed by atoms with Crippen LogP contribution in [-0.2, 0) is 14.3 Å². The Morgan fingerprint density at radius 3 is 2.30 bits per heavy atom. The van der Waals surface area contributed by atoms with E-state index in [2.05, 4.69) is 5.32 Å². The van der Waals surface area contributed by atoms with Crippen molar-refractivity contribution in [2.45, 2.75) is 40.2 Å². The minimum absolute atomic E-state index is 0.211. The average molecular weight is 335 g/mol. The number of ether oxygens (including phenoxy) is 1. The quantitative estimate of drug-likeness (QED) is 0.449. The van der Waals surface area contributed by atoms with Crippen LogP contribution in [0.15, 0.2) is 30.3 Å². The van der Waals surface area contributed by atoms with Gasteiger partial charge in [0, 0.05) is 11.6 Å². The molecule has 0 saturated carbocycles. The molecule has 2 unspecified atom stereocenters. The Hall–Kier alpha value is -1.75. The fraction of sp³-hybridized carbons (Fsp3) is 0.500. The third kappa shape index (κ3) is 6.10. The van der Waals surface area contributed by atoms with Gasteiger partial charge in [0.1, 0.15) is 16.7 Å². The van der Waals surface area contributed by atoms with Crippen molar-refractivity contribution in [2.24, 2.45) is 11.8 Å². The van der Waals surface area contributed by atoms with Crippen molar-refractivity contribution in [2.75, 3.05) is 6.61 Å². The molecule has 0 aliphatic carbocycles. The summed E-state index contributed by atoms with van der Waals surface area (Å²) in [6.07, 6.45) is 0.649. The van der Waals surface area contributed by atoms with Crippen molar-refractivity contribution in [3.63, 3.8) is 0 Å². The predicted octanol–water partition coefficient (Wildman–Crippen LogP) is 3.13. The number of hydrogen-bond acceptors (Lipinski definition) is 4. The van der Waals surface area contributed by atoms with E-state index in [1.165, 1.54) is 6.92 Å². The zero-order chi connectivity index (χ0) is 17.4. The number of Topliss-reactive ketones (excluding diaryl/α,β-unsaturated/α-hetero) is 1. The summed E-state index contributed by atoms with van der Waals surface area (Å²) in [5.41, 5.74) is 0.863. The molecule has 0 radical (unpaired) electrons.